The highest BCUT2D eigenvalue weighted by atomic mass is 16.5. The predicted octanol–water partition coefficient (Wildman–Crippen LogP) is 3.40. The van der Waals surface area contributed by atoms with Crippen molar-refractivity contribution in [2.24, 2.45) is 5.92 Å². The fourth-order valence-electron chi connectivity index (χ4n) is 3.79. The lowest BCUT2D eigenvalue weighted by Crippen LogP contribution is -2.45. The van der Waals surface area contributed by atoms with Gasteiger partial charge in [-0.3, -0.25) is 0 Å². The van der Waals surface area contributed by atoms with E-state index < -0.39 is 0 Å². The molecule has 2 aliphatic rings. The van der Waals surface area contributed by atoms with Crippen molar-refractivity contribution in [2.75, 3.05) is 13.7 Å². The maximum atomic E-state index is 9.42. The van der Waals surface area contributed by atoms with Gasteiger partial charge in [-0.15, -0.1) is 0 Å². The molecule has 3 heteroatoms. The molecule has 2 atom stereocenters. The fraction of sp³-hybridized carbons (Fsp3) is 0.938. The van der Waals surface area contributed by atoms with Gasteiger partial charge in [0.1, 0.15) is 5.54 Å². The average molecular weight is 264 g/mol. The largest absolute Gasteiger partial charge is 0.378 e. The summed E-state index contributed by atoms with van der Waals surface area (Å²) in [6.07, 6.45) is 12.7. The first-order chi connectivity index (χ1) is 9.30. The van der Waals surface area contributed by atoms with E-state index in [9.17, 15) is 5.26 Å². The van der Waals surface area contributed by atoms with E-state index in [0.717, 1.165) is 19.4 Å². The Labute approximate surface area is 117 Å². The first-order valence-corrected chi connectivity index (χ1v) is 8.02. The molecule has 2 aliphatic carbocycles. The zero-order valence-electron chi connectivity index (χ0n) is 12.3. The number of nitriles is 1. The molecule has 108 valence electrons. The Morgan fingerprint density at radius 1 is 1.16 bits per heavy atom. The lowest BCUT2D eigenvalue weighted by atomic mass is 9.86. The van der Waals surface area contributed by atoms with E-state index in [4.69, 9.17) is 4.74 Å². The third-order valence-corrected chi connectivity index (χ3v) is 5.09. The molecule has 0 aromatic carbocycles. The lowest BCUT2D eigenvalue weighted by molar-refractivity contribution is 0.0318. The Bertz CT molecular complexity index is 304. The number of rotatable bonds is 5. The lowest BCUT2D eigenvalue weighted by Gasteiger charge is -2.28. The predicted molar refractivity (Wildman–Crippen MR) is 76.8 cm³/mol. The Kier molecular flexibility index (Phi) is 5.66. The van der Waals surface area contributed by atoms with E-state index in [2.05, 4.69) is 11.4 Å². The van der Waals surface area contributed by atoms with Gasteiger partial charge in [-0.1, -0.05) is 32.1 Å². The third kappa shape index (κ3) is 3.70. The standard InChI is InChI=1S/C16H28N2O/c1-18-16(13-17)11-6-7-14(16)10-12-19-15-8-4-2-3-5-9-15/h14-15,18H,2-12H2,1H3. The Hall–Kier alpha value is -0.590. The van der Waals surface area contributed by atoms with Gasteiger partial charge < -0.3 is 10.1 Å². The quantitative estimate of drug-likeness (QED) is 0.774. The summed E-state index contributed by atoms with van der Waals surface area (Å²) in [6, 6.07) is 2.51. The van der Waals surface area contributed by atoms with Crippen molar-refractivity contribution in [2.45, 2.75) is 75.9 Å². The molecule has 19 heavy (non-hydrogen) atoms. The second-order valence-corrected chi connectivity index (χ2v) is 6.20. The van der Waals surface area contributed by atoms with E-state index in [1.165, 1.54) is 51.4 Å². The van der Waals surface area contributed by atoms with Gasteiger partial charge >= 0.3 is 0 Å². The number of hydrogen-bond acceptors (Lipinski definition) is 3. The monoisotopic (exact) mass is 264 g/mol. The molecule has 0 bridgehead atoms. The Balaban J connectivity index is 1.74. The molecule has 3 nitrogen and oxygen atoms in total. The SMILES string of the molecule is CNC1(C#N)CCCC1CCOC1CCCCCC1. The molecule has 2 saturated carbocycles. The van der Waals surface area contributed by atoms with Crippen LogP contribution in [0.4, 0.5) is 0 Å². The van der Waals surface area contributed by atoms with Gasteiger partial charge in [-0.05, 0) is 45.1 Å². The average Bonchev–Trinajstić information content (AvgIpc) is 2.66. The maximum absolute atomic E-state index is 9.42. The molecule has 0 spiro atoms. The summed E-state index contributed by atoms with van der Waals surface area (Å²) in [7, 11) is 1.92. The molecule has 2 rings (SSSR count). The van der Waals surface area contributed by atoms with Crippen LogP contribution in [0.15, 0.2) is 0 Å². The molecular formula is C16H28N2O. The van der Waals surface area contributed by atoms with Crippen LogP contribution in [0.2, 0.25) is 0 Å². The van der Waals surface area contributed by atoms with Gasteiger partial charge in [0.15, 0.2) is 0 Å². The summed E-state index contributed by atoms with van der Waals surface area (Å²) in [5, 5.41) is 12.7. The molecule has 2 fully saturated rings. The van der Waals surface area contributed by atoms with Gasteiger partial charge in [0.2, 0.25) is 0 Å². The number of ether oxygens (including phenoxy) is 1. The van der Waals surface area contributed by atoms with Gasteiger partial charge in [0.25, 0.3) is 0 Å². The highest BCUT2D eigenvalue weighted by Crippen LogP contribution is 2.37. The molecule has 0 aliphatic heterocycles. The van der Waals surface area contributed by atoms with Gasteiger partial charge in [0.05, 0.1) is 12.2 Å². The van der Waals surface area contributed by atoms with Crippen molar-refractivity contribution in [1.29, 1.82) is 5.26 Å². The van der Waals surface area contributed by atoms with Crippen LogP contribution < -0.4 is 5.32 Å². The summed E-state index contributed by atoms with van der Waals surface area (Å²) in [5.74, 6) is 0.466. The maximum Gasteiger partial charge on any atom is 0.109 e. The highest BCUT2D eigenvalue weighted by Gasteiger charge is 2.41. The van der Waals surface area contributed by atoms with Crippen LogP contribution in [0.1, 0.15) is 64.2 Å². The first kappa shape index (κ1) is 14.8. The molecule has 0 heterocycles. The minimum absolute atomic E-state index is 0.285. The van der Waals surface area contributed by atoms with Crippen LogP contribution in [-0.2, 0) is 4.74 Å². The second-order valence-electron chi connectivity index (χ2n) is 6.20. The van der Waals surface area contributed by atoms with E-state index in [1.54, 1.807) is 0 Å². The molecular weight excluding hydrogens is 236 g/mol. The van der Waals surface area contributed by atoms with Crippen molar-refractivity contribution >= 4 is 0 Å². The van der Waals surface area contributed by atoms with Crippen LogP contribution >= 0.6 is 0 Å². The third-order valence-electron chi connectivity index (χ3n) is 5.09. The molecule has 0 radical (unpaired) electrons. The molecule has 0 amide bonds. The van der Waals surface area contributed by atoms with Crippen LogP contribution in [0, 0.1) is 17.2 Å². The normalized spacial score (nSPS) is 32.9. The van der Waals surface area contributed by atoms with E-state index in [1.807, 2.05) is 7.05 Å². The topological polar surface area (TPSA) is 45.0 Å². The zero-order valence-corrected chi connectivity index (χ0v) is 12.3. The Morgan fingerprint density at radius 2 is 1.89 bits per heavy atom. The smallest absolute Gasteiger partial charge is 0.109 e. The first-order valence-electron chi connectivity index (χ1n) is 8.02. The summed E-state index contributed by atoms with van der Waals surface area (Å²) < 4.78 is 6.07. The second kappa shape index (κ2) is 7.26. The van der Waals surface area contributed by atoms with Crippen LogP contribution in [0.5, 0.6) is 0 Å². The van der Waals surface area contributed by atoms with Crippen molar-refractivity contribution in [3.63, 3.8) is 0 Å². The minimum Gasteiger partial charge on any atom is -0.378 e. The van der Waals surface area contributed by atoms with Crippen molar-refractivity contribution < 1.29 is 4.74 Å². The summed E-state index contributed by atoms with van der Waals surface area (Å²) in [4.78, 5) is 0. The van der Waals surface area contributed by atoms with E-state index in [-0.39, 0.29) is 5.54 Å². The van der Waals surface area contributed by atoms with Gasteiger partial charge in [-0.2, -0.15) is 5.26 Å². The summed E-state index contributed by atoms with van der Waals surface area (Å²) in [6.45, 7) is 0.834. The number of nitrogens with zero attached hydrogens (tertiary/aromatic N) is 1. The molecule has 0 aromatic heterocycles. The zero-order chi connectivity index (χ0) is 13.6. The van der Waals surface area contributed by atoms with Crippen LogP contribution in [0.3, 0.4) is 0 Å². The molecule has 2 unspecified atom stereocenters. The van der Waals surface area contributed by atoms with Crippen molar-refractivity contribution in [3.8, 4) is 6.07 Å². The molecule has 0 saturated heterocycles. The summed E-state index contributed by atoms with van der Waals surface area (Å²) in [5.41, 5.74) is -0.285. The van der Waals surface area contributed by atoms with Crippen LogP contribution in [-0.4, -0.2) is 25.3 Å². The van der Waals surface area contributed by atoms with Gasteiger partial charge in [-0.25, -0.2) is 0 Å². The van der Waals surface area contributed by atoms with E-state index >= 15 is 0 Å². The molecule has 1 N–H and O–H groups in total. The van der Waals surface area contributed by atoms with E-state index in [0.29, 0.717) is 12.0 Å². The summed E-state index contributed by atoms with van der Waals surface area (Å²) >= 11 is 0. The molecule has 0 aromatic rings. The van der Waals surface area contributed by atoms with Crippen molar-refractivity contribution in [1.82, 2.24) is 5.32 Å². The Morgan fingerprint density at radius 3 is 2.53 bits per heavy atom. The minimum atomic E-state index is -0.285. The van der Waals surface area contributed by atoms with Crippen molar-refractivity contribution in [3.05, 3.63) is 0 Å². The van der Waals surface area contributed by atoms with Gasteiger partial charge in [0, 0.05) is 6.61 Å². The fourth-order valence-corrected chi connectivity index (χ4v) is 3.79. The van der Waals surface area contributed by atoms with Crippen LogP contribution in [0.25, 0.3) is 0 Å². The highest BCUT2D eigenvalue weighted by molar-refractivity contribution is 5.13. The number of hydrogen-bond donors (Lipinski definition) is 1. The number of nitrogens with one attached hydrogen (secondary N) is 1.